The summed E-state index contributed by atoms with van der Waals surface area (Å²) < 4.78 is 12.9. The summed E-state index contributed by atoms with van der Waals surface area (Å²) in [5.41, 5.74) is -0.206. The van der Waals surface area contributed by atoms with Gasteiger partial charge < -0.3 is 19.7 Å². The third-order valence-electron chi connectivity index (χ3n) is 5.94. The highest BCUT2D eigenvalue weighted by atomic mass is 35.5. The van der Waals surface area contributed by atoms with Gasteiger partial charge in [-0.2, -0.15) is 0 Å². The number of rotatable bonds is 5. The standard InChI is InChI=1S/C26H32ClN5O5/c1-15(2)17-8-6-7-9-18(17)32-22-21(23(33)30-24(32)34)19(12-20(27)29-22)36-14-16-13-31(11-10-28-16)25(35)37-26(3,4)5/h6-9,12,15-16,28H,10-11,13-14H2,1-5H3,(H,30,33,34)/t16-/m0/s1. The molecular formula is C26H32ClN5O5. The normalized spacial score (nSPS) is 16.3. The maximum Gasteiger partial charge on any atom is 0.410 e. The number of halogens is 1. The van der Waals surface area contributed by atoms with Crippen LogP contribution in [0.2, 0.25) is 5.15 Å². The molecule has 3 aromatic rings. The maximum atomic E-state index is 13.0. The molecule has 3 heterocycles. The van der Waals surface area contributed by atoms with Crippen LogP contribution in [0.3, 0.4) is 0 Å². The molecule has 1 saturated heterocycles. The first kappa shape index (κ1) is 26.7. The molecule has 2 aromatic heterocycles. The van der Waals surface area contributed by atoms with Gasteiger partial charge in [-0.25, -0.2) is 19.1 Å². The van der Waals surface area contributed by atoms with Crippen LogP contribution in [0, 0.1) is 0 Å². The molecular weight excluding hydrogens is 498 g/mol. The summed E-state index contributed by atoms with van der Waals surface area (Å²) in [7, 11) is 0. The van der Waals surface area contributed by atoms with E-state index in [-0.39, 0.29) is 46.6 Å². The van der Waals surface area contributed by atoms with Gasteiger partial charge in [-0.1, -0.05) is 43.6 Å². The Balaban J connectivity index is 1.67. The van der Waals surface area contributed by atoms with Crippen molar-refractivity contribution in [2.45, 2.75) is 52.2 Å². The fourth-order valence-corrected chi connectivity index (χ4v) is 4.48. The SMILES string of the molecule is CC(C)c1ccccc1-n1c(=O)[nH]c(=O)c2c(OC[C@@H]3CN(C(=O)OC(C)(C)C)CCN3)cc(Cl)nc21. The molecule has 11 heteroatoms. The quantitative estimate of drug-likeness (QED) is 0.486. The second kappa shape index (κ2) is 10.5. The lowest BCUT2D eigenvalue weighted by Gasteiger charge is -2.34. The summed E-state index contributed by atoms with van der Waals surface area (Å²) in [5.74, 6) is 0.313. The fraction of sp³-hybridized carbons (Fsp3) is 0.462. The summed E-state index contributed by atoms with van der Waals surface area (Å²) >= 11 is 6.33. The second-order valence-corrected chi connectivity index (χ2v) is 10.7. The van der Waals surface area contributed by atoms with Crippen molar-refractivity contribution in [2.24, 2.45) is 0 Å². The minimum Gasteiger partial charge on any atom is -0.491 e. The smallest absolute Gasteiger partial charge is 0.410 e. The molecule has 37 heavy (non-hydrogen) atoms. The Bertz CT molecular complexity index is 1430. The molecule has 0 aliphatic carbocycles. The number of hydrogen-bond donors (Lipinski definition) is 2. The molecule has 10 nitrogen and oxygen atoms in total. The number of fused-ring (bicyclic) bond motifs is 1. The Kier molecular flexibility index (Phi) is 7.61. The van der Waals surface area contributed by atoms with Crippen molar-refractivity contribution in [1.29, 1.82) is 0 Å². The van der Waals surface area contributed by atoms with E-state index in [4.69, 9.17) is 21.1 Å². The summed E-state index contributed by atoms with van der Waals surface area (Å²) in [6.07, 6.45) is -0.388. The highest BCUT2D eigenvalue weighted by Crippen LogP contribution is 2.28. The van der Waals surface area contributed by atoms with Crippen LogP contribution in [0.15, 0.2) is 39.9 Å². The van der Waals surface area contributed by atoms with Gasteiger partial charge in [0.2, 0.25) is 0 Å². The van der Waals surface area contributed by atoms with Gasteiger partial charge in [0.25, 0.3) is 5.56 Å². The van der Waals surface area contributed by atoms with Crippen LogP contribution in [0.1, 0.15) is 46.1 Å². The maximum absolute atomic E-state index is 13.0. The van der Waals surface area contributed by atoms with E-state index in [1.807, 2.05) is 52.8 Å². The van der Waals surface area contributed by atoms with Gasteiger partial charge in [0, 0.05) is 25.7 Å². The van der Waals surface area contributed by atoms with E-state index in [2.05, 4.69) is 15.3 Å². The van der Waals surface area contributed by atoms with Crippen molar-refractivity contribution in [3.05, 3.63) is 61.9 Å². The first-order chi connectivity index (χ1) is 17.4. The van der Waals surface area contributed by atoms with Crippen LogP contribution in [-0.2, 0) is 4.74 Å². The number of nitrogens with zero attached hydrogens (tertiary/aromatic N) is 3. The van der Waals surface area contributed by atoms with Gasteiger partial charge in [-0.3, -0.25) is 9.78 Å². The molecule has 0 radical (unpaired) electrons. The minimum atomic E-state index is -0.621. The van der Waals surface area contributed by atoms with Gasteiger partial charge in [-0.05, 0) is 38.3 Å². The predicted octanol–water partition coefficient (Wildman–Crippen LogP) is 3.44. The number of H-pyrrole nitrogens is 1. The van der Waals surface area contributed by atoms with Crippen molar-refractivity contribution in [3.63, 3.8) is 0 Å². The summed E-state index contributed by atoms with van der Waals surface area (Å²) in [4.78, 5) is 46.8. The van der Waals surface area contributed by atoms with Crippen molar-refractivity contribution >= 4 is 28.7 Å². The Morgan fingerprint density at radius 1 is 1.24 bits per heavy atom. The second-order valence-electron chi connectivity index (χ2n) is 10.3. The van der Waals surface area contributed by atoms with Crippen LogP contribution >= 0.6 is 11.6 Å². The molecule has 1 fully saturated rings. The molecule has 1 amide bonds. The zero-order valence-corrected chi connectivity index (χ0v) is 22.4. The number of nitrogens with one attached hydrogen (secondary N) is 2. The molecule has 1 aromatic carbocycles. The van der Waals surface area contributed by atoms with Crippen molar-refractivity contribution < 1.29 is 14.3 Å². The lowest BCUT2D eigenvalue weighted by molar-refractivity contribution is 0.0178. The molecule has 0 saturated carbocycles. The number of aromatic amines is 1. The number of ether oxygens (including phenoxy) is 2. The number of benzene rings is 1. The molecule has 1 aliphatic rings. The molecule has 198 valence electrons. The first-order valence-corrected chi connectivity index (χ1v) is 12.6. The van der Waals surface area contributed by atoms with E-state index in [0.29, 0.717) is 25.3 Å². The van der Waals surface area contributed by atoms with Crippen LogP contribution < -0.4 is 21.3 Å². The number of hydrogen-bond acceptors (Lipinski definition) is 7. The minimum absolute atomic E-state index is 0.0789. The number of carbonyl (C=O) groups is 1. The Labute approximate surface area is 219 Å². The number of amides is 1. The highest BCUT2D eigenvalue weighted by molar-refractivity contribution is 6.30. The van der Waals surface area contributed by atoms with Gasteiger partial charge in [0.05, 0.1) is 11.7 Å². The van der Waals surface area contributed by atoms with Crippen molar-refractivity contribution in [1.82, 2.24) is 24.8 Å². The molecule has 1 atom stereocenters. The van der Waals surface area contributed by atoms with Gasteiger partial charge in [0.15, 0.2) is 5.65 Å². The zero-order chi connectivity index (χ0) is 26.9. The number of pyridine rings is 1. The Morgan fingerprint density at radius 2 is 1.97 bits per heavy atom. The average molecular weight is 530 g/mol. The molecule has 2 N–H and O–H groups in total. The lowest BCUT2D eigenvalue weighted by Crippen LogP contribution is -2.55. The number of carbonyl (C=O) groups excluding carboxylic acids is 1. The van der Waals surface area contributed by atoms with E-state index in [1.54, 1.807) is 11.0 Å². The van der Waals surface area contributed by atoms with E-state index < -0.39 is 16.9 Å². The number of para-hydroxylation sites is 1. The van der Waals surface area contributed by atoms with Gasteiger partial charge in [-0.15, -0.1) is 0 Å². The number of piperazine rings is 1. The third kappa shape index (κ3) is 5.97. The highest BCUT2D eigenvalue weighted by Gasteiger charge is 2.28. The van der Waals surface area contributed by atoms with E-state index in [1.165, 1.54) is 10.6 Å². The lowest BCUT2D eigenvalue weighted by atomic mass is 10.0. The monoisotopic (exact) mass is 529 g/mol. The van der Waals surface area contributed by atoms with Crippen molar-refractivity contribution in [2.75, 3.05) is 26.2 Å². The average Bonchev–Trinajstić information content (AvgIpc) is 2.81. The van der Waals surface area contributed by atoms with Gasteiger partial charge >= 0.3 is 11.8 Å². The largest absolute Gasteiger partial charge is 0.491 e. The van der Waals surface area contributed by atoms with Crippen LogP contribution in [0.5, 0.6) is 5.75 Å². The van der Waals surface area contributed by atoms with Crippen molar-refractivity contribution in [3.8, 4) is 11.4 Å². The van der Waals surface area contributed by atoms with E-state index in [9.17, 15) is 14.4 Å². The first-order valence-electron chi connectivity index (χ1n) is 12.2. The Morgan fingerprint density at radius 3 is 2.68 bits per heavy atom. The predicted molar refractivity (Wildman–Crippen MR) is 142 cm³/mol. The summed E-state index contributed by atoms with van der Waals surface area (Å²) in [6, 6.07) is 8.68. The fourth-order valence-electron chi connectivity index (χ4n) is 4.30. The summed E-state index contributed by atoms with van der Waals surface area (Å²) in [5, 5.41) is 3.51. The van der Waals surface area contributed by atoms with Crippen LogP contribution in [0.25, 0.3) is 16.7 Å². The molecule has 0 spiro atoms. The Hall–Kier alpha value is -3.37. The molecule has 0 bridgehead atoms. The van der Waals surface area contributed by atoms with Crippen LogP contribution in [0.4, 0.5) is 4.79 Å². The number of aromatic nitrogens is 3. The molecule has 0 unspecified atom stereocenters. The van der Waals surface area contributed by atoms with E-state index in [0.717, 1.165) is 5.56 Å². The summed E-state index contributed by atoms with van der Waals surface area (Å²) in [6.45, 7) is 11.1. The molecule has 4 rings (SSSR count). The van der Waals surface area contributed by atoms with Gasteiger partial charge in [0.1, 0.15) is 28.5 Å². The van der Waals surface area contributed by atoms with Crippen LogP contribution in [-0.4, -0.2) is 63.4 Å². The topological polar surface area (TPSA) is 119 Å². The molecule has 1 aliphatic heterocycles. The third-order valence-corrected chi connectivity index (χ3v) is 6.14. The van der Waals surface area contributed by atoms with E-state index >= 15 is 0 Å². The zero-order valence-electron chi connectivity index (χ0n) is 21.6.